The second-order valence-corrected chi connectivity index (χ2v) is 5.32. The van der Waals surface area contributed by atoms with Gasteiger partial charge in [-0.15, -0.1) is 0 Å². The molecule has 0 radical (unpaired) electrons. The molecule has 120 valence electrons. The van der Waals surface area contributed by atoms with Crippen LogP contribution >= 0.6 is 0 Å². The van der Waals surface area contributed by atoms with E-state index in [1.165, 1.54) is 4.90 Å². The second kappa shape index (κ2) is 6.07. The summed E-state index contributed by atoms with van der Waals surface area (Å²) in [5.41, 5.74) is 1.93. The molecular weight excluding hydrogens is 302 g/mol. The maximum absolute atomic E-state index is 12.6. The van der Waals surface area contributed by atoms with Crippen molar-refractivity contribution in [2.24, 2.45) is 0 Å². The SMILES string of the molecule is O=COCNc1cccc2c1CN(C1CCC(=O)NC1=O)C2=O. The van der Waals surface area contributed by atoms with Crippen LogP contribution in [0, 0.1) is 0 Å². The van der Waals surface area contributed by atoms with Crippen molar-refractivity contribution < 1.29 is 23.9 Å². The summed E-state index contributed by atoms with van der Waals surface area (Å²) in [4.78, 5) is 47.5. The lowest BCUT2D eigenvalue weighted by atomic mass is 10.0. The van der Waals surface area contributed by atoms with E-state index in [2.05, 4.69) is 15.4 Å². The number of ether oxygens (including phenoxy) is 1. The van der Waals surface area contributed by atoms with Crippen molar-refractivity contribution in [1.29, 1.82) is 0 Å². The number of anilines is 1. The Morgan fingerprint density at radius 1 is 1.35 bits per heavy atom. The number of imide groups is 1. The van der Waals surface area contributed by atoms with Crippen molar-refractivity contribution in [1.82, 2.24) is 10.2 Å². The largest absolute Gasteiger partial charge is 0.447 e. The zero-order valence-electron chi connectivity index (χ0n) is 12.2. The van der Waals surface area contributed by atoms with Crippen LogP contribution in [0.5, 0.6) is 0 Å². The van der Waals surface area contributed by atoms with Gasteiger partial charge < -0.3 is 15.0 Å². The molecule has 1 aromatic rings. The third kappa shape index (κ3) is 2.75. The first-order valence-electron chi connectivity index (χ1n) is 7.17. The minimum Gasteiger partial charge on any atom is -0.447 e. The minimum absolute atomic E-state index is 0.00738. The van der Waals surface area contributed by atoms with Crippen LogP contribution in [-0.2, 0) is 25.7 Å². The van der Waals surface area contributed by atoms with E-state index in [9.17, 15) is 19.2 Å². The Labute approximate surface area is 131 Å². The van der Waals surface area contributed by atoms with Crippen LogP contribution in [-0.4, -0.2) is 41.9 Å². The van der Waals surface area contributed by atoms with E-state index in [-0.39, 0.29) is 31.5 Å². The first-order chi connectivity index (χ1) is 11.1. The van der Waals surface area contributed by atoms with Gasteiger partial charge in [-0.2, -0.15) is 0 Å². The van der Waals surface area contributed by atoms with Crippen LogP contribution in [0.4, 0.5) is 5.69 Å². The van der Waals surface area contributed by atoms with Crippen LogP contribution in [0.3, 0.4) is 0 Å². The lowest BCUT2D eigenvalue weighted by Gasteiger charge is -2.29. The molecule has 2 heterocycles. The van der Waals surface area contributed by atoms with Gasteiger partial charge in [0.15, 0.2) is 6.73 Å². The van der Waals surface area contributed by atoms with Gasteiger partial charge in [0.1, 0.15) is 6.04 Å². The molecule has 1 aromatic carbocycles. The van der Waals surface area contributed by atoms with Crippen molar-refractivity contribution >= 4 is 29.9 Å². The number of amides is 3. The number of carbonyl (C=O) groups is 4. The molecule has 23 heavy (non-hydrogen) atoms. The highest BCUT2D eigenvalue weighted by atomic mass is 16.5. The maximum atomic E-state index is 12.6. The predicted molar refractivity (Wildman–Crippen MR) is 78.1 cm³/mol. The van der Waals surface area contributed by atoms with Crippen molar-refractivity contribution in [3.8, 4) is 0 Å². The molecule has 0 aromatic heterocycles. The van der Waals surface area contributed by atoms with Crippen LogP contribution in [0.25, 0.3) is 0 Å². The summed E-state index contributed by atoms with van der Waals surface area (Å²) in [6.45, 7) is 0.592. The maximum Gasteiger partial charge on any atom is 0.294 e. The molecule has 8 heteroatoms. The summed E-state index contributed by atoms with van der Waals surface area (Å²) in [5.74, 6) is -1.00. The van der Waals surface area contributed by atoms with Crippen molar-refractivity contribution in [2.75, 3.05) is 12.0 Å². The number of hydrogen-bond acceptors (Lipinski definition) is 6. The molecule has 0 saturated carbocycles. The third-order valence-electron chi connectivity index (χ3n) is 4.00. The molecule has 0 aliphatic carbocycles. The van der Waals surface area contributed by atoms with E-state index in [0.717, 1.165) is 5.56 Å². The van der Waals surface area contributed by atoms with E-state index < -0.39 is 11.9 Å². The topological polar surface area (TPSA) is 105 Å². The first kappa shape index (κ1) is 15.0. The zero-order valence-corrected chi connectivity index (χ0v) is 12.2. The minimum atomic E-state index is -0.647. The van der Waals surface area contributed by atoms with Gasteiger partial charge in [0, 0.05) is 29.8 Å². The number of carbonyl (C=O) groups excluding carboxylic acids is 4. The van der Waals surface area contributed by atoms with Crippen LogP contribution in [0.2, 0.25) is 0 Å². The summed E-state index contributed by atoms with van der Waals surface area (Å²) < 4.78 is 4.60. The number of fused-ring (bicyclic) bond motifs is 1. The van der Waals surface area contributed by atoms with Crippen LogP contribution in [0.1, 0.15) is 28.8 Å². The molecule has 1 saturated heterocycles. The van der Waals surface area contributed by atoms with Crippen molar-refractivity contribution in [3.05, 3.63) is 29.3 Å². The lowest BCUT2D eigenvalue weighted by molar-refractivity contribution is -0.137. The Hall–Kier alpha value is -2.90. The standard InChI is InChI=1S/C15H15N3O5/c19-8-23-7-16-11-3-1-2-9-10(11)6-18(15(9)22)12-4-5-13(20)17-14(12)21/h1-3,8,12,16H,4-7H2,(H,17,20,21). The molecule has 0 bridgehead atoms. The summed E-state index contributed by atoms with van der Waals surface area (Å²) >= 11 is 0. The molecule has 2 aliphatic rings. The molecular formula is C15H15N3O5. The fraction of sp³-hybridized carbons (Fsp3) is 0.333. The van der Waals surface area contributed by atoms with Crippen molar-refractivity contribution in [2.45, 2.75) is 25.4 Å². The van der Waals surface area contributed by atoms with E-state index in [4.69, 9.17) is 0 Å². The lowest BCUT2D eigenvalue weighted by Crippen LogP contribution is -2.52. The van der Waals surface area contributed by atoms with Gasteiger partial charge in [0.2, 0.25) is 11.8 Å². The second-order valence-electron chi connectivity index (χ2n) is 5.32. The number of hydrogen-bond donors (Lipinski definition) is 2. The Morgan fingerprint density at radius 3 is 2.91 bits per heavy atom. The first-order valence-corrected chi connectivity index (χ1v) is 7.17. The van der Waals surface area contributed by atoms with Gasteiger partial charge >= 0.3 is 0 Å². The van der Waals surface area contributed by atoms with E-state index in [1.807, 2.05) is 0 Å². The molecule has 3 amide bonds. The van der Waals surface area contributed by atoms with E-state index >= 15 is 0 Å². The fourth-order valence-electron chi connectivity index (χ4n) is 2.90. The highest BCUT2D eigenvalue weighted by Crippen LogP contribution is 2.32. The molecule has 1 unspecified atom stereocenters. The molecule has 3 rings (SSSR count). The quantitative estimate of drug-likeness (QED) is 0.342. The number of piperidine rings is 1. The average Bonchev–Trinajstić information content (AvgIpc) is 2.86. The molecule has 2 N–H and O–H groups in total. The average molecular weight is 317 g/mol. The van der Waals surface area contributed by atoms with Gasteiger partial charge in [-0.25, -0.2) is 0 Å². The summed E-state index contributed by atoms with van der Waals surface area (Å²) in [7, 11) is 0. The molecule has 1 atom stereocenters. The summed E-state index contributed by atoms with van der Waals surface area (Å²) in [6, 6.07) is 4.53. The molecule has 8 nitrogen and oxygen atoms in total. The van der Waals surface area contributed by atoms with Crippen molar-refractivity contribution in [3.63, 3.8) is 0 Å². The Kier molecular flexibility index (Phi) is 3.96. The highest BCUT2D eigenvalue weighted by Gasteiger charge is 2.39. The van der Waals surface area contributed by atoms with Gasteiger partial charge in [-0.3, -0.25) is 24.5 Å². The Balaban J connectivity index is 1.81. The summed E-state index contributed by atoms with van der Waals surface area (Å²) in [6.07, 6.45) is 0.538. The predicted octanol–water partition coefficient (Wildman–Crippen LogP) is -0.01000. The smallest absolute Gasteiger partial charge is 0.294 e. The monoisotopic (exact) mass is 317 g/mol. The van der Waals surface area contributed by atoms with E-state index in [0.29, 0.717) is 24.1 Å². The Morgan fingerprint density at radius 2 is 2.17 bits per heavy atom. The highest BCUT2D eigenvalue weighted by molar-refractivity contribution is 6.06. The van der Waals surface area contributed by atoms with E-state index in [1.54, 1.807) is 18.2 Å². The van der Waals surface area contributed by atoms with Crippen LogP contribution < -0.4 is 10.6 Å². The summed E-state index contributed by atoms with van der Waals surface area (Å²) in [5, 5.41) is 5.19. The van der Waals surface area contributed by atoms with Gasteiger partial charge in [0.25, 0.3) is 12.4 Å². The Bertz CT molecular complexity index is 688. The van der Waals surface area contributed by atoms with Gasteiger partial charge in [-0.1, -0.05) is 6.07 Å². The molecule has 1 fully saturated rings. The fourth-order valence-corrected chi connectivity index (χ4v) is 2.90. The van der Waals surface area contributed by atoms with Gasteiger partial charge in [-0.05, 0) is 18.6 Å². The van der Waals surface area contributed by atoms with Crippen LogP contribution in [0.15, 0.2) is 18.2 Å². The number of nitrogens with zero attached hydrogens (tertiary/aromatic N) is 1. The number of nitrogens with one attached hydrogen (secondary N) is 2. The zero-order chi connectivity index (χ0) is 16.4. The third-order valence-corrected chi connectivity index (χ3v) is 4.00. The number of benzene rings is 1. The molecule has 0 spiro atoms. The van der Waals surface area contributed by atoms with Gasteiger partial charge in [0.05, 0.1) is 0 Å². The normalized spacial score (nSPS) is 20.1. The molecule has 2 aliphatic heterocycles. The number of rotatable bonds is 5.